The molecule has 2 aromatic rings. The summed E-state index contributed by atoms with van der Waals surface area (Å²) in [4.78, 5) is 23.8. The van der Waals surface area contributed by atoms with Gasteiger partial charge in [-0.05, 0) is 48.9 Å². The van der Waals surface area contributed by atoms with Gasteiger partial charge < -0.3 is 25.8 Å². The van der Waals surface area contributed by atoms with Gasteiger partial charge in [-0.3, -0.25) is 4.79 Å². The molecule has 0 fully saturated rings. The molecule has 1 unspecified atom stereocenters. The standard InChI is InChI=1S/C20H22FNO6.ClH/c1-10(11(2)28-20(27)12-3-6-14(21)7-4-12)17(18(22)19(25)26)13-5-8-15(23)16(24)9-13;/h3-11,17-18,23-24H,22H2,1-2H3,(H,25,26);1H/t10-,11+,17?,18+;/m1./s1. The minimum Gasteiger partial charge on any atom is -0.504 e. The average Bonchev–Trinajstić information content (AvgIpc) is 2.64. The van der Waals surface area contributed by atoms with Gasteiger partial charge in [0.1, 0.15) is 18.0 Å². The highest BCUT2D eigenvalue weighted by atomic mass is 35.5. The maximum atomic E-state index is 13.0. The number of carbonyl (C=O) groups is 2. The van der Waals surface area contributed by atoms with E-state index in [1.165, 1.54) is 30.3 Å². The Bertz CT molecular complexity index is 861. The first-order valence-corrected chi connectivity index (χ1v) is 8.58. The summed E-state index contributed by atoms with van der Waals surface area (Å²) in [7, 11) is 0. The Morgan fingerprint density at radius 3 is 2.14 bits per heavy atom. The van der Waals surface area contributed by atoms with Crippen LogP contribution in [-0.4, -0.2) is 39.4 Å². The number of aliphatic carboxylic acids is 1. The van der Waals surface area contributed by atoms with Crippen LogP contribution < -0.4 is 5.73 Å². The van der Waals surface area contributed by atoms with Crippen LogP contribution in [0.25, 0.3) is 0 Å². The molecule has 0 saturated heterocycles. The molecule has 4 atom stereocenters. The Morgan fingerprint density at radius 1 is 1.03 bits per heavy atom. The zero-order valence-electron chi connectivity index (χ0n) is 15.8. The number of carbonyl (C=O) groups excluding carboxylic acids is 1. The van der Waals surface area contributed by atoms with Crippen molar-refractivity contribution in [2.75, 3.05) is 0 Å². The second kappa shape index (κ2) is 10.1. The Balaban J connectivity index is 0.00000420. The maximum Gasteiger partial charge on any atom is 0.338 e. The van der Waals surface area contributed by atoms with Crippen LogP contribution >= 0.6 is 12.4 Å². The summed E-state index contributed by atoms with van der Waals surface area (Å²) >= 11 is 0. The summed E-state index contributed by atoms with van der Waals surface area (Å²) in [5.74, 6) is -4.58. The van der Waals surface area contributed by atoms with Gasteiger partial charge in [-0.15, -0.1) is 12.4 Å². The summed E-state index contributed by atoms with van der Waals surface area (Å²) in [6.45, 7) is 3.26. The Labute approximate surface area is 173 Å². The van der Waals surface area contributed by atoms with Crippen molar-refractivity contribution in [3.8, 4) is 11.5 Å². The average molecular weight is 428 g/mol. The van der Waals surface area contributed by atoms with Crippen LogP contribution in [0.5, 0.6) is 11.5 Å². The molecule has 0 spiro atoms. The summed E-state index contributed by atoms with van der Waals surface area (Å²) in [6, 6.07) is 7.40. The van der Waals surface area contributed by atoms with Crippen molar-refractivity contribution in [3.63, 3.8) is 0 Å². The van der Waals surface area contributed by atoms with E-state index in [9.17, 15) is 29.3 Å². The predicted octanol–water partition coefficient (Wildman–Crippen LogP) is 3.04. The first kappa shape index (κ1) is 24.2. The van der Waals surface area contributed by atoms with E-state index in [0.717, 1.165) is 12.1 Å². The SMILES string of the molecule is C[C@H](OC(=O)c1ccc(F)cc1)[C@@H](C)C(c1ccc(O)c(O)c1)[C@H](N)C(=O)O.Cl. The molecule has 158 valence electrons. The Kier molecular flexibility index (Phi) is 8.42. The number of carboxylic acids is 1. The largest absolute Gasteiger partial charge is 0.504 e. The van der Waals surface area contributed by atoms with Gasteiger partial charge in [0.15, 0.2) is 11.5 Å². The monoisotopic (exact) mass is 427 g/mol. The highest BCUT2D eigenvalue weighted by molar-refractivity contribution is 5.89. The van der Waals surface area contributed by atoms with Crippen LogP contribution in [0, 0.1) is 11.7 Å². The molecule has 29 heavy (non-hydrogen) atoms. The molecule has 0 saturated carbocycles. The minimum absolute atomic E-state index is 0. The number of nitrogens with two attached hydrogens (primary N) is 1. The first-order chi connectivity index (χ1) is 13.1. The number of halogens is 2. The summed E-state index contributed by atoms with van der Waals surface area (Å²) in [5.41, 5.74) is 6.38. The van der Waals surface area contributed by atoms with Crippen molar-refractivity contribution in [1.29, 1.82) is 0 Å². The van der Waals surface area contributed by atoms with Crippen molar-refractivity contribution >= 4 is 24.3 Å². The van der Waals surface area contributed by atoms with E-state index in [1.54, 1.807) is 13.8 Å². The first-order valence-electron chi connectivity index (χ1n) is 8.58. The summed E-state index contributed by atoms with van der Waals surface area (Å²) < 4.78 is 18.4. The third-order valence-electron chi connectivity index (χ3n) is 4.74. The number of benzene rings is 2. The second-order valence-electron chi connectivity index (χ2n) is 6.61. The molecule has 0 aliphatic rings. The Morgan fingerprint density at radius 2 is 1.62 bits per heavy atom. The molecule has 0 amide bonds. The zero-order valence-corrected chi connectivity index (χ0v) is 16.6. The molecule has 7 nitrogen and oxygen atoms in total. The smallest absolute Gasteiger partial charge is 0.338 e. The summed E-state index contributed by atoms with van der Waals surface area (Å²) in [6.07, 6.45) is -0.746. The molecule has 5 N–H and O–H groups in total. The predicted molar refractivity (Wildman–Crippen MR) is 106 cm³/mol. The number of hydrogen-bond donors (Lipinski definition) is 4. The van der Waals surface area contributed by atoms with Gasteiger partial charge in [0.05, 0.1) is 5.56 Å². The van der Waals surface area contributed by atoms with Crippen molar-refractivity contribution in [2.45, 2.75) is 31.9 Å². The van der Waals surface area contributed by atoms with Crippen molar-refractivity contribution in [2.24, 2.45) is 11.7 Å². The third-order valence-corrected chi connectivity index (χ3v) is 4.74. The Hall–Kier alpha value is -2.84. The number of aromatic hydroxyl groups is 2. The second-order valence-corrected chi connectivity index (χ2v) is 6.61. The molecule has 2 rings (SSSR count). The van der Waals surface area contributed by atoms with Gasteiger partial charge in [-0.1, -0.05) is 13.0 Å². The highest BCUT2D eigenvalue weighted by Crippen LogP contribution is 2.35. The van der Waals surface area contributed by atoms with E-state index in [2.05, 4.69) is 0 Å². The fourth-order valence-electron chi connectivity index (χ4n) is 2.96. The van der Waals surface area contributed by atoms with Crippen molar-refractivity contribution in [3.05, 3.63) is 59.4 Å². The molecule has 0 aromatic heterocycles. The molecular formula is C20H23ClFNO6. The van der Waals surface area contributed by atoms with Gasteiger partial charge >= 0.3 is 11.9 Å². The van der Waals surface area contributed by atoms with Gasteiger partial charge in [0, 0.05) is 11.8 Å². The fraction of sp³-hybridized carbons (Fsp3) is 0.300. The topological polar surface area (TPSA) is 130 Å². The number of phenolic OH excluding ortho intramolecular Hbond substituents is 2. The number of hydrogen-bond acceptors (Lipinski definition) is 6. The molecule has 2 aromatic carbocycles. The molecule has 9 heteroatoms. The van der Waals surface area contributed by atoms with Gasteiger partial charge in [-0.25, -0.2) is 9.18 Å². The number of phenols is 2. The number of esters is 1. The number of rotatable bonds is 7. The van der Waals surface area contributed by atoms with Crippen molar-refractivity contribution < 1.29 is 34.0 Å². The van der Waals surface area contributed by atoms with Crippen molar-refractivity contribution in [1.82, 2.24) is 0 Å². The van der Waals surface area contributed by atoms with Gasteiger partial charge in [-0.2, -0.15) is 0 Å². The molecule has 0 radical (unpaired) electrons. The quantitative estimate of drug-likeness (QED) is 0.394. The lowest BCUT2D eigenvalue weighted by atomic mass is 9.79. The lowest BCUT2D eigenvalue weighted by Crippen LogP contribution is -2.42. The lowest BCUT2D eigenvalue weighted by Gasteiger charge is -2.31. The number of ether oxygens (including phenoxy) is 1. The fourth-order valence-corrected chi connectivity index (χ4v) is 2.96. The maximum absolute atomic E-state index is 13.0. The van der Waals surface area contributed by atoms with E-state index in [0.29, 0.717) is 5.56 Å². The molecule has 0 aliphatic heterocycles. The van der Waals surface area contributed by atoms with Gasteiger partial charge in [0.25, 0.3) is 0 Å². The zero-order chi connectivity index (χ0) is 21.0. The third kappa shape index (κ3) is 5.82. The minimum atomic E-state index is -1.34. The van der Waals surface area contributed by atoms with Crippen LogP contribution in [0.4, 0.5) is 4.39 Å². The molecule has 0 heterocycles. The van der Waals surface area contributed by atoms with Crippen LogP contribution in [0.15, 0.2) is 42.5 Å². The van der Waals surface area contributed by atoms with Crippen LogP contribution in [0.1, 0.15) is 35.7 Å². The number of carboxylic acid groups (broad SMARTS) is 1. The molecule has 0 aliphatic carbocycles. The summed E-state index contributed by atoms with van der Waals surface area (Å²) in [5, 5.41) is 28.6. The van der Waals surface area contributed by atoms with E-state index in [1.807, 2.05) is 0 Å². The van der Waals surface area contributed by atoms with Crippen LogP contribution in [0.2, 0.25) is 0 Å². The molecular weight excluding hydrogens is 405 g/mol. The van der Waals surface area contributed by atoms with Crippen LogP contribution in [0.3, 0.4) is 0 Å². The van der Waals surface area contributed by atoms with Gasteiger partial charge in [0.2, 0.25) is 0 Å². The normalized spacial score (nSPS) is 14.8. The lowest BCUT2D eigenvalue weighted by molar-refractivity contribution is -0.139. The molecule has 0 bridgehead atoms. The van der Waals surface area contributed by atoms with E-state index >= 15 is 0 Å². The van der Waals surface area contributed by atoms with E-state index in [4.69, 9.17) is 10.5 Å². The van der Waals surface area contributed by atoms with E-state index < -0.39 is 47.5 Å². The van der Waals surface area contributed by atoms with Crippen LogP contribution in [-0.2, 0) is 9.53 Å². The van der Waals surface area contributed by atoms with E-state index in [-0.39, 0.29) is 23.7 Å². The highest BCUT2D eigenvalue weighted by Gasteiger charge is 2.35.